The normalized spacial score (nSPS) is 10.8. The van der Waals surface area contributed by atoms with E-state index in [1.165, 1.54) is 11.6 Å². The topological polar surface area (TPSA) is 51.2 Å². The first kappa shape index (κ1) is 14.4. The van der Waals surface area contributed by atoms with Gasteiger partial charge in [0.2, 0.25) is 0 Å². The van der Waals surface area contributed by atoms with Gasteiger partial charge in [-0.05, 0) is 25.0 Å². The molecule has 1 rings (SSSR count). The minimum absolute atomic E-state index is 0.300. The molecule has 1 N–H and O–H groups in total. The molecule has 0 saturated carbocycles. The Morgan fingerprint density at radius 3 is 3.06 bits per heavy atom. The number of nitrogens with zero attached hydrogens (tertiary/aromatic N) is 1. The van der Waals surface area contributed by atoms with Crippen molar-refractivity contribution in [2.75, 3.05) is 13.2 Å². The molecule has 0 fully saturated rings. The summed E-state index contributed by atoms with van der Waals surface area (Å²) in [5, 5.41) is 3.22. The molecule has 0 spiro atoms. The van der Waals surface area contributed by atoms with E-state index in [0.717, 1.165) is 12.1 Å². The zero-order chi connectivity index (χ0) is 13.2. The van der Waals surface area contributed by atoms with Gasteiger partial charge < -0.3 is 10.1 Å². The monoisotopic (exact) mass is 248 g/mol. The summed E-state index contributed by atoms with van der Waals surface area (Å²) in [6, 6.07) is 4.03. The lowest BCUT2D eigenvalue weighted by molar-refractivity contribution is -0.137. The van der Waals surface area contributed by atoms with Crippen LogP contribution in [0.15, 0.2) is 30.5 Å². The van der Waals surface area contributed by atoms with E-state index in [-0.39, 0.29) is 5.97 Å². The third-order valence-electron chi connectivity index (χ3n) is 2.46. The lowest BCUT2D eigenvalue weighted by atomic mass is 10.1. The Kier molecular flexibility index (Phi) is 6.72. The van der Waals surface area contributed by atoms with Gasteiger partial charge in [0, 0.05) is 25.4 Å². The largest absolute Gasteiger partial charge is 0.463 e. The van der Waals surface area contributed by atoms with Crippen LogP contribution in [0.25, 0.3) is 0 Å². The molecule has 0 amide bonds. The third kappa shape index (κ3) is 5.10. The van der Waals surface area contributed by atoms with E-state index in [4.69, 9.17) is 4.74 Å². The summed E-state index contributed by atoms with van der Waals surface area (Å²) in [5.41, 5.74) is 2.31. The number of carbonyl (C=O) groups is 1. The summed E-state index contributed by atoms with van der Waals surface area (Å²) < 4.78 is 4.78. The third-order valence-corrected chi connectivity index (χ3v) is 2.46. The van der Waals surface area contributed by atoms with Gasteiger partial charge in [0.25, 0.3) is 0 Å². The maximum absolute atomic E-state index is 11.0. The van der Waals surface area contributed by atoms with Crippen LogP contribution in [0.4, 0.5) is 0 Å². The lowest BCUT2D eigenvalue weighted by Gasteiger charge is -2.06. The summed E-state index contributed by atoms with van der Waals surface area (Å²) in [5.74, 6) is -0.300. The summed E-state index contributed by atoms with van der Waals surface area (Å²) in [6.07, 6.45) is 5.97. The van der Waals surface area contributed by atoms with Gasteiger partial charge in [0.1, 0.15) is 0 Å². The van der Waals surface area contributed by atoms with Crippen molar-refractivity contribution >= 4 is 5.97 Å². The zero-order valence-electron chi connectivity index (χ0n) is 11.0. The summed E-state index contributed by atoms with van der Waals surface area (Å²) in [6.45, 7) is 5.64. The van der Waals surface area contributed by atoms with Crippen LogP contribution in [-0.4, -0.2) is 24.1 Å². The van der Waals surface area contributed by atoms with Crippen LogP contribution < -0.4 is 5.32 Å². The smallest absolute Gasteiger partial charge is 0.330 e. The van der Waals surface area contributed by atoms with Gasteiger partial charge in [-0.1, -0.05) is 19.1 Å². The Labute approximate surface area is 108 Å². The fraction of sp³-hybridized carbons (Fsp3) is 0.429. The zero-order valence-corrected chi connectivity index (χ0v) is 11.0. The van der Waals surface area contributed by atoms with Crippen molar-refractivity contribution in [2.45, 2.75) is 26.8 Å². The number of hydrogen-bond acceptors (Lipinski definition) is 4. The van der Waals surface area contributed by atoms with Gasteiger partial charge in [-0.3, -0.25) is 4.98 Å². The quantitative estimate of drug-likeness (QED) is 0.454. The van der Waals surface area contributed by atoms with Crippen molar-refractivity contribution in [1.82, 2.24) is 10.3 Å². The highest BCUT2D eigenvalue weighted by molar-refractivity contribution is 5.81. The molecule has 0 aliphatic heterocycles. The van der Waals surface area contributed by atoms with E-state index >= 15 is 0 Å². The van der Waals surface area contributed by atoms with E-state index < -0.39 is 0 Å². The molecule has 98 valence electrons. The predicted molar refractivity (Wildman–Crippen MR) is 71.1 cm³/mol. The van der Waals surface area contributed by atoms with Crippen LogP contribution in [0.1, 0.15) is 25.1 Å². The van der Waals surface area contributed by atoms with Gasteiger partial charge in [0.05, 0.1) is 12.3 Å². The molecule has 0 bridgehead atoms. The van der Waals surface area contributed by atoms with Crippen LogP contribution >= 0.6 is 0 Å². The van der Waals surface area contributed by atoms with Crippen LogP contribution in [-0.2, 0) is 22.5 Å². The van der Waals surface area contributed by atoms with Crippen molar-refractivity contribution in [3.05, 3.63) is 41.7 Å². The Hall–Kier alpha value is -1.68. The molecule has 1 aromatic heterocycles. The minimum Gasteiger partial charge on any atom is -0.463 e. The van der Waals surface area contributed by atoms with Crippen LogP contribution in [0, 0.1) is 0 Å². The van der Waals surface area contributed by atoms with Crippen molar-refractivity contribution in [3.8, 4) is 0 Å². The average molecular weight is 248 g/mol. The van der Waals surface area contributed by atoms with Gasteiger partial charge in [0.15, 0.2) is 0 Å². The second kappa shape index (κ2) is 8.42. The molecule has 0 radical (unpaired) electrons. The summed E-state index contributed by atoms with van der Waals surface area (Å²) in [4.78, 5) is 15.4. The standard InChI is InChI=1S/C14H20N2O2/c1-3-12-7-5-10-16-13(12)11-15-9-6-8-14(17)18-4-2/h5-8,10,15H,3-4,9,11H2,1-2H3/b8-6+. The number of nitrogens with one attached hydrogen (secondary N) is 1. The predicted octanol–water partition coefficient (Wildman–Crippen LogP) is 1.85. The molecule has 1 aromatic rings. The van der Waals surface area contributed by atoms with E-state index in [9.17, 15) is 4.79 Å². The Balaban J connectivity index is 2.31. The SMILES string of the molecule is CCOC(=O)/C=C/CNCc1ncccc1CC. The van der Waals surface area contributed by atoms with Crippen LogP contribution in [0.2, 0.25) is 0 Å². The second-order valence-electron chi connectivity index (χ2n) is 3.75. The number of rotatable bonds is 7. The molecule has 0 aromatic carbocycles. The Morgan fingerprint density at radius 1 is 1.50 bits per heavy atom. The Bertz CT molecular complexity index is 403. The molecule has 0 saturated heterocycles. The minimum atomic E-state index is -0.300. The molecule has 0 atom stereocenters. The van der Waals surface area contributed by atoms with Crippen LogP contribution in [0.5, 0.6) is 0 Å². The highest BCUT2D eigenvalue weighted by Gasteiger charge is 1.99. The van der Waals surface area contributed by atoms with Gasteiger partial charge in [-0.15, -0.1) is 0 Å². The maximum Gasteiger partial charge on any atom is 0.330 e. The molecular weight excluding hydrogens is 228 g/mol. The van der Waals surface area contributed by atoms with Gasteiger partial charge in [-0.25, -0.2) is 4.79 Å². The van der Waals surface area contributed by atoms with Crippen molar-refractivity contribution < 1.29 is 9.53 Å². The van der Waals surface area contributed by atoms with Crippen molar-refractivity contribution in [3.63, 3.8) is 0 Å². The average Bonchev–Trinajstić information content (AvgIpc) is 2.39. The number of aryl methyl sites for hydroxylation is 1. The first-order chi connectivity index (χ1) is 8.77. The summed E-state index contributed by atoms with van der Waals surface area (Å²) >= 11 is 0. The number of pyridine rings is 1. The molecular formula is C14H20N2O2. The van der Waals surface area contributed by atoms with E-state index in [0.29, 0.717) is 19.7 Å². The maximum atomic E-state index is 11.0. The first-order valence-electron chi connectivity index (χ1n) is 6.24. The number of aromatic nitrogens is 1. The molecule has 4 heteroatoms. The highest BCUT2D eigenvalue weighted by Crippen LogP contribution is 2.05. The number of carbonyl (C=O) groups excluding carboxylic acids is 1. The van der Waals surface area contributed by atoms with E-state index in [1.54, 1.807) is 19.2 Å². The molecule has 1 heterocycles. The molecule has 4 nitrogen and oxygen atoms in total. The van der Waals surface area contributed by atoms with E-state index in [1.807, 2.05) is 6.07 Å². The first-order valence-corrected chi connectivity index (χ1v) is 6.24. The van der Waals surface area contributed by atoms with Crippen molar-refractivity contribution in [2.24, 2.45) is 0 Å². The number of hydrogen-bond donors (Lipinski definition) is 1. The lowest BCUT2D eigenvalue weighted by Crippen LogP contribution is -2.15. The molecule has 0 aliphatic carbocycles. The summed E-state index contributed by atoms with van der Waals surface area (Å²) in [7, 11) is 0. The molecule has 0 unspecified atom stereocenters. The Morgan fingerprint density at radius 2 is 2.33 bits per heavy atom. The van der Waals surface area contributed by atoms with Gasteiger partial charge >= 0.3 is 5.97 Å². The van der Waals surface area contributed by atoms with Crippen molar-refractivity contribution in [1.29, 1.82) is 0 Å². The molecule has 0 aliphatic rings. The fourth-order valence-electron chi connectivity index (χ4n) is 1.57. The number of ether oxygens (including phenoxy) is 1. The highest BCUT2D eigenvalue weighted by atomic mass is 16.5. The molecule has 18 heavy (non-hydrogen) atoms. The fourth-order valence-corrected chi connectivity index (χ4v) is 1.57. The van der Waals surface area contributed by atoms with Crippen LogP contribution in [0.3, 0.4) is 0 Å². The second-order valence-corrected chi connectivity index (χ2v) is 3.75. The van der Waals surface area contributed by atoms with E-state index in [2.05, 4.69) is 23.3 Å². The number of esters is 1. The van der Waals surface area contributed by atoms with Gasteiger partial charge in [-0.2, -0.15) is 0 Å².